The number of anilines is 1. The first kappa shape index (κ1) is 9.57. The topological polar surface area (TPSA) is 3.24 Å². The van der Waals surface area contributed by atoms with E-state index >= 15 is 0 Å². The average molecular weight is 189 g/mol. The predicted molar refractivity (Wildman–Crippen MR) is 61.8 cm³/mol. The largest absolute Gasteiger partial charge is 0.371 e. The van der Waals surface area contributed by atoms with Gasteiger partial charge in [-0.3, -0.25) is 0 Å². The van der Waals surface area contributed by atoms with Gasteiger partial charge in [-0.15, -0.1) is 0 Å². The van der Waals surface area contributed by atoms with Crippen LogP contribution in [0.1, 0.15) is 25.8 Å². The van der Waals surface area contributed by atoms with E-state index in [-0.39, 0.29) is 0 Å². The average Bonchev–Trinajstić information content (AvgIpc) is 2.46. The number of hydrogen-bond donors (Lipinski definition) is 0. The lowest BCUT2D eigenvalue weighted by Gasteiger charge is -2.21. The molecule has 0 spiro atoms. The molecule has 0 saturated carbocycles. The second-order valence-electron chi connectivity index (χ2n) is 5.17. The summed E-state index contributed by atoms with van der Waals surface area (Å²) in [6.07, 6.45) is 1.31. The van der Waals surface area contributed by atoms with Crippen molar-refractivity contribution in [1.82, 2.24) is 0 Å². The van der Waals surface area contributed by atoms with Crippen molar-refractivity contribution in [3.8, 4) is 0 Å². The van der Waals surface area contributed by atoms with Crippen LogP contribution in [0.25, 0.3) is 0 Å². The minimum absolute atomic E-state index is 0.490. The van der Waals surface area contributed by atoms with Gasteiger partial charge in [-0.25, -0.2) is 0 Å². The van der Waals surface area contributed by atoms with E-state index < -0.39 is 0 Å². The lowest BCUT2D eigenvalue weighted by Crippen LogP contribution is -2.22. The molecule has 0 aliphatic carbocycles. The van der Waals surface area contributed by atoms with Crippen molar-refractivity contribution >= 4 is 5.69 Å². The maximum Gasteiger partial charge on any atom is 0.0369 e. The first-order valence-electron chi connectivity index (χ1n) is 5.38. The maximum atomic E-state index is 2.49. The molecule has 0 unspecified atom stereocenters. The van der Waals surface area contributed by atoms with Gasteiger partial charge < -0.3 is 4.90 Å². The van der Waals surface area contributed by atoms with E-state index in [4.69, 9.17) is 0 Å². The molecule has 1 aliphatic rings. The summed E-state index contributed by atoms with van der Waals surface area (Å²) in [5.74, 6) is 0. The fourth-order valence-corrected chi connectivity index (χ4v) is 2.16. The van der Waals surface area contributed by atoms with E-state index in [0.29, 0.717) is 5.41 Å². The number of nitrogens with zero attached hydrogens (tertiary/aromatic N) is 1. The summed E-state index contributed by atoms with van der Waals surface area (Å²) in [5.41, 5.74) is 3.23. The number of hydrogen-bond acceptors (Lipinski definition) is 1. The van der Waals surface area contributed by atoms with Crippen molar-refractivity contribution in [1.29, 1.82) is 0 Å². The summed E-state index contributed by atoms with van der Waals surface area (Å²) in [6, 6.07) is 8.80. The molecule has 76 valence electrons. The zero-order valence-electron chi connectivity index (χ0n) is 9.38. The van der Waals surface area contributed by atoms with Gasteiger partial charge in [0.2, 0.25) is 0 Å². The van der Waals surface area contributed by atoms with Crippen molar-refractivity contribution < 1.29 is 0 Å². The summed E-state index contributed by atoms with van der Waals surface area (Å²) in [4.78, 5) is 2.49. The van der Waals surface area contributed by atoms with E-state index in [9.17, 15) is 0 Å². The third kappa shape index (κ3) is 1.92. The molecule has 0 N–H and O–H groups in total. The molecule has 0 amide bonds. The molecule has 1 heterocycles. The highest BCUT2D eigenvalue weighted by atomic mass is 15.2. The van der Waals surface area contributed by atoms with Crippen LogP contribution in [0.2, 0.25) is 0 Å². The number of benzene rings is 1. The SMILES string of the molecule is Cc1cccc(N2CCC(C)(C)C2)c1. The zero-order valence-corrected chi connectivity index (χ0v) is 9.38. The third-order valence-corrected chi connectivity index (χ3v) is 3.04. The molecule has 2 rings (SSSR count). The van der Waals surface area contributed by atoms with Gasteiger partial charge in [0.25, 0.3) is 0 Å². The molecule has 1 heteroatoms. The maximum absolute atomic E-state index is 2.49. The van der Waals surface area contributed by atoms with E-state index in [2.05, 4.69) is 49.9 Å². The highest BCUT2D eigenvalue weighted by Crippen LogP contribution is 2.32. The molecule has 1 fully saturated rings. The monoisotopic (exact) mass is 189 g/mol. The molecular weight excluding hydrogens is 170 g/mol. The highest BCUT2D eigenvalue weighted by Gasteiger charge is 2.28. The Morgan fingerprint density at radius 1 is 1.29 bits per heavy atom. The van der Waals surface area contributed by atoms with Crippen LogP contribution in [0.5, 0.6) is 0 Å². The second kappa shape index (κ2) is 3.30. The minimum Gasteiger partial charge on any atom is -0.371 e. The summed E-state index contributed by atoms with van der Waals surface area (Å²) in [5, 5.41) is 0. The van der Waals surface area contributed by atoms with Crippen molar-refractivity contribution in [3.05, 3.63) is 29.8 Å². The van der Waals surface area contributed by atoms with Gasteiger partial charge in [0.15, 0.2) is 0 Å². The fraction of sp³-hybridized carbons (Fsp3) is 0.538. The Kier molecular flexibility index (Phi) is 2.26. The Morgan fingerprint density at radius 2 is 2.07 bits per heavy atom. The van der Waals surface area contributed by atoms with Crippen LogP contribution in [0.4, 0.5) is 5.69 Å². The summed E-state index contributed by atoms with van der Waals surface area (Å²) in [7, 11) is 0. The van der Waals surface area contributed by atoms with Gasteiger partial charge in [-0.1, -0.05) is 26.0 Å². The lowest BCUT2D eigenvalue weighted by atomic mass is 9.93. The summed E-state index contributed by atoms with van der Waals surface area (Å²) in [6.45, 7) is 9.25. The number of rotatable bonds is 1. The summed E-state index contributed by atoms with van der Waals surface area (Å²) >= 11 is 0. The van der Waals surface area contributed by atoms with Crippen LogP contribution < -0.4 is 4.90 Å². The van der Waals surface area contributed by atoms with E-state index in [1.807, 2.05) is 0 Å². The van der Waals surface area contributed by atoms with Crippen LogP contribution in [-0.2, 0) is 0 Å². The van der Waals surface area contributed by atoms with Crippen LogP contribution in [0.3, 0.4) is 0 Å². The quantitative estimate of drug-likeness (QED) is 0.655. The Morgan fingerprint density at radius 3 is 2.64 bits per heavy atom. The Hall–Kier alpha value is -0.980. The minimum atomic E-state index is 0.490. The van der Waals surface area contributed by atoms with E-state index in [1.54, 1.807) is 0 Å². The molecule has 14 heavy (non-hydrogen) atoms. The first-order valence-corrected chi connectivity index (χ1v) is 5.38. The molecule has 0 radical (unpaired) electrons. The van der Waals surface area contributed by atoms with E-state index in [1.165, 1.54) is 30.8 Å². The van der Waals surface area contributed by atoms with Crippen LogP contribution >= 0.6 is 0 Å². The lowest BCUT2D eigenvalue weighted by molar-refractivity contribution is 0.418. The normalized spacial score (nSPS) is 20.1. The molecular formula is C13H19N. The van der Waals surface area contributed by atoms with Gasteiger partial charge in [0.05, 0.1) is 0 Å². The van der Waals surface area contributed by atoms with Crippen molar-refractivity contribution in [2.75, 3.05) is 18.0 Å². The smallest absolute Gasteiger partial charge is 0.0369 e. The number of aryl methyl sites for hydroxylation is 1. The van der Waals surface area contributed by atoms with Gasteiger partial charge in [0.1, 0.15) is 0 Å². The third-order valence-electron chi connectivity index (χ3n) is 3.04. The van der Waals surface area contributed by atoms with Crippen molar-refractivity contribution in [2.24, 2.45) is 5.41 Å². The zero-order chi connectivity index (χ0) is 10.2. The predicted octanol–water partition coefficient (Wildman–Crippen LogP) is 3.23. The molecule has 1 aliphatic heterocycles. The molecule has 1 nitrogen and oxygen atoms in total. The fourth-order valence-electron chi connectivity index (χ4n) is 2.16. The Labute approximate surface area is 86.7 Å². The second-order valence-corrected chi connectivity index (χ2v) is 5.17. The van der Waals surface area contributed by atoms with Gasteiger partial charge in [0, 0.05) is 18.8 Å². The van der Waals surface area contributed by atoms with Crippen molar-refractivity contribution in [2.45, 2.75) is 27.2 Å². The van der Waals surface area contributed by atoms with Gasteiger partial charge >= 0.3 is 0 Å². The standard InChI is InChI=1S/C13H19N/c1-11-5-4-6-12(9-11)14-8-7-13(2,3)10-14/h4-6,9H,7-8,10H2,1-3H3. The highest BCUT2D eigenvalue weighted by molar-refractivity contribution is 5.49. The first-order chi connectivity index (χ1) is 6.57. The molecule has 1 saturated heterocycles. The van der Waals surface area contributed by atoms with Crippen molar-refractivity contribution in [3.63, 3.8) is 0 Å². The Balaban J connectivity index is 2.17. The molecule has 0 aromatic heterocycles. The molecule has 1 aromatic rings. The Bertz CT molecular complexity index is 328. The van der Waals surface area contributed by atoms with Crippen LogP contribution in [0.15, 0.2) is 24.3 Å². The summed E-state index contributed by atoms with van der Waals surface area (Å²) < 4.78 is 0. The van der Waals surface area contributed by atoms with Gasteiger partial charge in [-0.05, 0) is 36.5 Å². The molecule has 0 atom stereocenters. The molecule has 1 aromatic carbocycles. The van der Waals surface area contributed by atoms with Crippen LogP contribution in [-0.4, -0.2) is 13.1 Å². The van der Waals surface area contributed by atoms with Gasteiger partial charge in [-0.2, -0.15) is 0 Å². The van der Waals surface area contributed by atoms with E-state index in [0.717, 1.165) is 0 Å². The molecule has 0 bridgehead atoms. The van der Waals surface area contributed by atoms with Crippen LogP contribution in [0, 0.1) is 12.3 Å².